The van der Waals surface area contributed by atoms with Crippen LogP contribution in [0.2, 0.25) is 0 Å². The number of piperidine rings is 1. The molecule has 0 spiro atoms. The van der Waals surface area contributed by atoms with E-state index in [0.29, 0.717) is 43.4 Å². The number of hydrogen-bond acceptors (Lipinski definition) is 7. The molecule has 3 fully saturated rings. The molecule has 2 aliphatic heterocycles. The number of likely N-dealkylation sites (tertiary alicyclic amines) is 1. The highest BCUT2D eigenvalue weighted by Crippen LogP contribution is 2.39. The van der Waals surface area contributed by atoms with Crippen LogP contribution in [-0.2, 0) is 9.47 Å². The van der Waals surface area contributed by atoms with Crippen molar-refractivity contribution < 1.29 is 23.2 Å². The van der Waals surface area contributed by atoms with E-state index in [-0.39, 0.29) is 35.2 Å². The lowest BCUT2D eigenvalue weighted by Gasteiger charge is -2.30. The van der Waals surface area contributed by atoms with Gasteiger partial charge in [0.1, 0.15) is 17.1 Å². The number of pyridine rings is 1. The summed E-state index contributed by atoms with van der Waals surface area (Å²) in [7, 11) is 0. The van der Waals surface area contributed by atoms with Crippen LogP contribution in [0.4, 0.5) is 9.18 Å². The van der Waals surface area contributed by atoms with E-state index in [4.69, 9.17) is 14.0 Å². The van der Waals surface area contributed by atoms with Crippen LogP contribution in [0.1, 0.15) is 62.3 Å². The van der Waals surface area contributed by atoms with Crippen LogP contribution in [0, 0.1) is 5.82 Å². The van der Waals surface area contributed by atoms with Gasteiger partial charge in [0, 0.05) is 31.5 Å². The average molecular weight is 416 g/mol. The van der Waals surface area contributed by atoms with Gasteiger partial charge in [0.25, 0.3) is 5.89 Å². The smallest absolute Gasteiger partial charge is 0.410 e. The van der Waals surface area contributed by atoms with Gasteiger partial charge in [-0.25, -0.2) is 14.2 Å². The first-order valence-corrected chi connectivity index (χ1v) is 10.6. The Labute approximate surface area is 173 Å². The van der Waals surface area contributed by atoms with E-state index in [9.17, 15) is 9.18 Å². The van der Waals surface area contributed by atoms with Gasteiger partial charge in [-0.15, -0.1) is 0 Å². The third-order valence-corrected chi connectivity index (χ3v) is 6.32. The number of halogens is 1. The lowest BCUT2D eigenvalue weighted by molar-refractivity contribution is 0.0518. The van der Waals surface area contributed by atoms with Crippen LogP contribution < -0.4 is 0 Å². The Morgan fingerprint density at radius 2 is 2.07 bits per heavy atom. The monoisotopic (exact) mass is 416 g/mol. The fourth-order valence-corrected chi connectivity index (χ4v) is 4.04. The zero-order valence-electron chi connectivity index (χ0n) is 17.0. The Kier molecular flexibility index (Phi) is 4.92. The van der Waals surface area contributed by atoms with Crippen LogP contribution in [0.3, 0.4) is 0 Å². The van der Waals surface area contributed by atoms with Crippen LogP contribution in [0.25, 0.3) is 11.6 Å². The predicted octanol–water partition coefficient (Wildman–Crippen LogP) is 3.64. The van der Waals surface area contributed by atoms with E-state index in [0.717, 1.165) is 32.1 Å². The Hall–Kier alpha value is -2.55. The summed E-state index contributed by atoms with van der Waals surface area (Å²) < 4.78 is 30.6. The van der Waals surface area contributed by atoms with E-state index in [1.54, 1.807) is 11.0 Å². The van der Waals surface area contributed by atoms with Crippen LogP contribution >= 0.6 is 0 Å². The highest BCUT2D eigenvalue weighted by molar-refractivity contribution is 5.68. The molecule has 1 unspecified atom stereocenters. The van der Waals surface area contributed by atoms with Crippen molar-refractivity contribution in [2.24, 2.45) is 0 Å². The molecular formula is C21H25FN4O4. The molecule has 5 rings (SSSR count). The molecule has 160 valence electrons. The summed E-state index contributed by atoms with van der Waals surface area (Å²) in [5.41, 5.74) is 0.784. The molecule has 2 aromatic rings. The number of nitrogens with zero attached hydrogens (tertiary/aromatic N) is 4. The van der Waals surface area contributed by atoms with Crippen molar-refractivity contribution in [3.63, 3.8) is 0 Å². The zero-order valence-corrected chi connectivity index (χ0v) is 17.0. The first kappa shape index (κ1) is 19.4. The minimum atomic E-state index is -0.340. The molecular weight excluding hydrogens is 391 g/mol. The van der Waals surface area contributed by atoms with E-state index in [2.05, 4.69) is 15.1 Å². The number of hydrogen-bond donors (Lipinski definition) is 0. The van der Waals surface area contributed by atoms with E-state index in [1.165, 1.54) is 6.20 Å². The fraction of sp³-hybridized carbons (Fsp3) is 0.619. The van der Waals surface area contributed by atoms with Gasteiger partial charge in [-0.3, -0.25) is 0 Å². The Morgan fingerprint density at radius 1 is 1.27 bits per heavy atom. The second-order valence-corrected chi connectivity index (χ2v) is 8.69. The van der Waals surface area contributed by atoms with Crippen molar-refractivity contribution in [3.05, 3.63) is 29.5 Å². The van der Waals surface area contributed by atoms with Gasteiger partial charge < -0.3 is 18.9 Å². The number of aromatic nitrogens is 3. The summed E-state index contributed by atoms with van der Waals surface area (Å²) in [5.74, 6) is 0.674. The highest BCUT2D eigenvalue weighted by atomic mass is 19.1. The molecule has 2 aromatic heterocycles. The molecule has 1 aliphatic carbocycles. The third kappa shape index (κ3) is 3.90. The zero-order chi connectivity index (χ0) is 20.7. The van der Waals surface area contributed by atoms with Crippen molar-refractivity contribution in [2.45, 2.75) is 56.5 Å². The average Bonchev–Trinajstić information content (AvgIpc) is 3.19. The van der Waals surface area contributed by atoms with Crippen LogP contribution in [0.15, 0.2) is 16.8 Å². The fourth-order valence-electron chi connectivity index (χ4n) is 4.04. The van der Waals surface area contributed by atoms with Crippen molar-refractivity contribution >= 4 is 6.09 Å². The van der Waals surface area contributed by atoms with Crippen LogP contribution in [0.5, 0.6) is 0 Å². The van der Waals surface area contributed by atoms with Gasteiger partial charge >= 0.3 is 6.09 Å². The third-order valence-electron chi connectivity index (χ3n) is 6.32. The van der Waals surface area contributed by atoms with Gasteiger partial charge in [0.15, 0.2) is 5.82 Å². The van der Waals surface area contributed by atoms with E-state index in [1.807, 2.05) is 6.92 Å². The molecule has 3 aliphatic rings. The number of amides is 1. The standard InChI is InChI=1S/C21H25FN4O4/c1-21(5-6-21)29-20(27)26-7-2-13(3-8-26)18-24-19(30-25-18)17-10-15(16(22)11-23-17)14-4-9-28-12-14/h10-11,13-14H,2-9,12H2,1H3. The lowest BCUT2D eigenvalue weighted by Crippen LogP contribution is -2.40. The molecule has 8 nitrogen and oxygen atoms in total. The number of rotatable bonds is 4. The quantitative estimate of drug-likeness (QED) is 0.751. The minimum Gasteiger partial charge on any atom is -0.443 e. The lowest BCUT2D eigenvalue weighted by atomic mass is 9.96. The second kappa shape index (κ2) is 7.61. The minimum absolute atomic E-state index is 0.0242. The Morgan fingerprint density at radius 3 is 2.77 bits per heavy atom. The van der Waals surface area contributed by atoms with Crippen molar-refractivity contribution in [2.75, 3.05) is 26.3 Å². The Balaban J connectivity index is 1.24. The summed E-state index contributed by atoms with van der Waals surface area (Å²) in [4.78, 5) is 22.7. The van der Waals surface area contributed by atoms with E-state index >= 15 is 0 Å². The SMILES string of the molecule is CC1(OC(=O)N2CCC(c3noc(-c4cc(C5CCOC5)c(F)cn4)n3)CC2)CC1. The first-order chi connectivity index (χ1) is 14.5. The first-order valence-electron chi connectivity index (χ1n) is 10.6. The molecule has 30 heavy (non-hydrogen) atoms. The van der Waals surface area contributed by atoms with Gasteiger partial charge in [-0.05, 0) is 50.7 Å². The molecule has 1 amide bonds. The highest BCUT2D eigenvalue weighted by Gasteiger charge is 2.43. The normalized spacial score (nSPS) is 23.5. The van der Waals surface area contributed by atoms with Crippen LogP contribution in [-0.4, -0.2) is 58.0 Å². The van der Waals surface area contributed by atoms with Gasteiger partial charge in [0.2, 0.25) is 0 Å². The van der Waals surface area contributed by atoms with Crippen molar-refractivity contribution in [1.82, 2.24) is 20.0 Å². The number of carbonyl (C=O) groups is 1. The molecule has 1 atom stereocenters. The van der Waals surface area contributed by atoms with Gasteiger partial charge in [0.05, 0.1) is 12.8 Å². The maximum absolute atomic E-state index is 14.2. The van der Waals surface area contributed by atoms with Crippen molar-refractivity contribution in [3.8, 4) is 11.6 Å². The Bertz CT molecular complexity index is 931. The second-order valence-electron chi connectivity index (χ2n) is 8.69. The maximum atomic E-state index is 14.2. The molecule has 9 heteroatoms. The summed E-state index contributed by atoms with van der Waals surface area (Å²) in [5, 5.41) is 4.13. The van der Waals surface area contributed by atoms with Gasteiger partial charge in [-0.2, -0.15) is 4.98 Å². The number of ether oxygens (including phenoxy) is 2. The largest absolute Gasteiger partial charge is 0.443 e. The van der Waals surface area contributed by atoms with Gasteiger partial charge in [-0.1, -0.05) is 5.16 Å². The summed E-state index contributed by atoms with van der Waals surface area (Å²) >= 11 is 0. The summed E-state index contributed by atoms with van der Waals surface area (Å²) in [6, 6.07) is 1.68. The topological polar surface area (TPSA) is 90.6 Å². The summed E-state index contributed by atoms with van der Waals surface area (Å²) in [6.07, 6.45) is 5.12. The molecule has 2 saturated heterocycles. The molecule has 0 bridgehead atoms. The predicted molar refractivity (Wildman–Crippen MR) is 103 cm³/mol. The molecule has 0 radical (unpaired) electrons. The number of carbonyl (C=O) groups excluding carboxylic acids is 1. The summed E-state index contributed by atoms with van der Waals surface area (Å²) in [6.45, 7) is 4.31. The van der Waals surface area contributed by atoms with Crippen molar-refractivity contribution in [1.29, 1.82) is 0 Å². The molecule has 4 heterocycles. The molecule has 1 saturated carbocycles. The maximum Gasteiger partial charge on any atom is 0.410 e. The molecule has 0 aromatic carbocycles. The molecule has 0 N–H and O–H groups in total. The van der Waals surface area contributed by atoms with E-state index < -0.39 is 0 Å².